The van der Waals surface area contributed by atoms with Gasteiger partial charge in [-0.05, 0) is 12.5 Å². The molecule has 62 valence electrons. The average molecular weight is 159 g/mol. The van der Waals surface area contributed by atoms with E-state index in [1.165, 1.54) is 5.56 Å². The molecule has 0 saturated carbocycles. The molecule has 0 amide bonds. The lowest BCUT2D eigenvalue weighted by Crippen LogP contribution is -1.94. The van der Waals surface area contributed by atoms with Crippen molar-refractivity contribution < 1.29 is 0 Å². The SMILES string of the molecule is C=CCN=C(C)c1ccccc1. The topological polar surface area (TPSA) is 12.4 Å². The lowest BCUT2D eigenvalue weighted by molar-refractivity contribution is 1.24. The number of benzene rings is 1. The Labute approximate surface area is 73.5 Å². The summed E-state index contributed by atoms with van der Waals surface area (Å²) in [6, 6.07) is 10.2. The molecule has 0 N–H and O–H groups in total. The van der Waals surface area contributed by atoms with E-state index in [0.717, 1.165) is 5.71 Å². The van der Waals surface area contributed by atoms with Crippen molar-refractivity contribution in [3.05, 3.63) is 48.6 Å². The van der Waals surface area contributed by atoms with Gasteiger partial charge in [0.1, 0.15) is 0 Å². The number of nitrogens with zero attached hydrogens (tertiary/aromatic N) is 1. The largest absolute Gasteiger partial charge is 0.285 e. The van der Waals surface area contributed by atoms with Gasteiger partial charge in [-0.3, -0.25) is 4.99 Å². The van der Waals surface area contributed by atoms with Crippen LogP contribution in [0.3, 0.4) is 0 Å². The van der Waals surface area contributed by atoms with Crippen LogP contribution in [-0.2, 0) is 0 Å². The molecule has 12 heavy (non-hydrogen) atoms. The molecule has 1 aromatic carbocycles. The van der Waals surface area contributed by atoms with Crippen molar-refractivity contribution in [3.8, 4) is 0 Å². The third-order valence-corrected chi connectivity index (χ3v) is 1.65. The van der Waals surface area contributed by atoms with Gasteiger partial charge in [-0.25, -0.2) is 0 Å². The van der Waals surface area contributed by atoms with Gasteiger partial charge in [-0.1, -0.05) is 36.4 Å². The van der Waals surface area contributed by atoms with E-state index < -0.39 is 0 Å². The van der Waals surface area contributed by atoms with Crippen molar-refractivity contribution in [3.63, 3.8) is 0 Å². The highest BCUT2D eigenvalue weighted by Crippen LogP contribution is 2.00. The summed E-state index contributed by atoms with van der Waals surface area (Å²) in [6.45, 7) is 6.33. The van der Waals surface area contributed by atoms with E-state index in [-0.39, 0.29) is 0 Å². The van der Waals surface area contributed by atoms with Gasteiger partial charge in [-0.2, -0.15) is 0 Å². The molecule has 1 nitrogen and oxygen atoms in total. The smallest absolute Gasteiger partial charge is 0.0571 e. The maximum absolute atomic E-state index is 4.31. The van der Waals surface area contributed by atoms with Crippen LogP contribution in [0.25, 0.3) is 0 Å². The Morgan fingerprint density at radius 2 is 2.08 bits per heavy atom. The molecule has 0 unspecified atom stereocenters. The Bertz CT molecular complexity index is 272. The molecule has 0 saturated heterocycles. The lowest BCUT2D eigenvalue weighted by Gasteiger charge is -1.98. The summed E-state index contributed by atoms with van der Waals surface area (Å²) in [5.74, 6) is 0. The Hall–Kier alpha value is -1.37. The van der Waals surface area contributed by atoms with E-state index in [9.17, 15) is 0 Å². The predicted molar refractivity (Wildman–Crippen MR) is 53.7 cm³/mol. The molecule has 0 heterocycles. The minimum Gasteiger partial charge on any atom is -0.285 e. The van der Waals surface area contributed by atoms with Crippen LogP contribution in [0.4, 0.5) is 0 Å². The molecule has 0 aliphatic rings. The van der Waals surface area contributed by atoms with E-state index in [4.69, 9.17) is 0 Å². The monoisotopic (exact) mass is 159 g/mol. The molecule has 1 rings (SSSR count). The number of hydrogen-bond acceptors (Lipinski definition) is 1. The maximum atomic E-state index is 4.31. The van der Waals surface area contributed by atoms with Gasteiger partial charge in [0.05, 0.1) is 6.54 Å². The average Bonchev–Trinajstić information content (AvgIpc) is 2.15. The van der Waals surface area contributed by atoms with Crippen LogP contribution in [0.5, 0.6) is 0 Å². The molecule has 0 atom stereocenters. The highest BCUT2D eigenvalue weighted by Gasteiger charge is 1.92. The molecular formula is C11H13N. The highest BCUT2D eigenvalue weighted by molar-refractivity contribution is 5.98. The molecule has 1 aromatic rings. The van der Waals surface area contributed by atoms with Crippen molar-refractivity contribution in [1.82, 2.24) is 0 Å². The van der Waals surface area contributed by atoms with Crippen molar-refractivity contribution in [2.45, 2.75) is 6.92 Å². The van der Waals surface area contributed by atoms with Crippen molar-refractivity contribution in [2.24, 2.45) is 4.99 Å². The van der Waals surface area contributed by atoms with Gasteiger partial charge in [0, 0.05) is 5.71 Å². The number of aliphatic imine (C=N–C) groups is 1. The minimum absolute atomic E-state index is 0.695. The molecule has 0 radical (unpaired) electrons. The van der Waals surface area contributed by atoms with Gasteiger partial charge >= 0.3 is 0 Å². The van der Waals surface area contributed by atoms with E-state index in [2.05, 4.69) is 23.7 Å². The van der Waals surface area contributed by atoms with Crippen LogP contribution in [0.15, 0.2) is 48.0 Å². The Morgan fingerprint density at radius 1 is 1.42 bits per heavy atom. The Balaban J connectivity index is 2.77. The fraction of sp³-hybridized carbons (Fsp3) is 0.182. The summed E-state index contributed by atoms with van der Waals surface area (Å²) in [5.41, 5.74) is 2.25. The van der Waals surface area contributed by atoms with Gasteiger partial charge in [0.25, 0.3) is 0 Å². The summed E-state index contributed by atoms with van der Waals surface area (Å²) in [5, 5.41) is 0. The van der Waals surface area contributed by atoms with Crippen molar-refractivity contribution in [1.29, 1.82) is 0 Å². The second-order valence-corrected chi connectivity index (χ2v) is 2.58. The second kappa shape index (κ2) is 4.50. The fourth-order valence-corrected chi connectivity index (χ4v) is 0.972. The zero-order chi connectivity index (χ0) is 8.81. The van der Waals surface area contributed by atoms with Gasteiger partial charge in [-0.15, -0.1) is 6.58 Å². The third kappa shape index (κ3) is 2.35. The molecule has 0 aromatic heterocycles. The van der Waals surface area contributed by atoms with E-state index in [1.54, 1.807) is 6.08 Å². The van der Waals surface area contributed by atoms with Gasteiger partial charge < -0.3 is 0 Å². The molecule has 1 heteroatoms. The first-order chi connectivity index (χ1) is 5.84. The maximum Gasteiger partial charge on any atom is 0.0571 e. The summed E-state index contributed by atoms with van der Waals surface area (Å²) in [6.07, 6.45) is 1.80. The van der Waals surface area contributed by atoms with Crippen molar-refractivity contribution in [2.75, 3.05) is 6.54 Å². The van der Waals surface area contributed by atoms with Crippen LogP contribution < -0.4 is 0 Å². The fourth-order valence-electron chi connectivity index (χ4n) is 0.972. The van der Waals surface area contributed by atoms with Crippen LogP contribution >= 0.6 is 0 Å². The Morgan fingerprint density at radius 3 is 2.67 bits per heavy atom. The molecular weight excluding hydrogens is 146 g/mol. The first kappa shape index (κ1) is 8.72. The summed E-state index contributed by atoms with van der Waals surface area (Å²) in [4.78, 5) is 4.31. The van der Waals surface area contributed by atoms with E-state index in [0.29, 0.717) is 6.54 Å². The van der Waals surface area contributed by atoms with Crippen LogP contribution in [0, 0.1) is 0 Å². The molecule has 0 spiro atoms. The lowest BCUT2D eigenvalue weighted by atomic mass is 10.1. The molecule has 0 bridgehead atoms. The molecule has 0 aliphatic heterocycles. The highest BCUT2D eigenvalue weighted by atomic mass is 14.7. The van der Waals surface area contributed by atoms with Gasteiger partial charge in [0.15, 0.2) is 0 Å². The summed E-state index contributed by atoms with van der Waals surface area (Å²) in [7, 11) is 0. The van der Waals surface area contributed by atoms with Crippen molar-refractivity contribution >= 4 is 5.71 Å². The zero-order valence-corrected chi connectivity index (χ0v) is 7.33. The Kier molecular flexibility index (Phi) is 3.27. The predicted octanol–water partition coefficient (Wildman–Crippen LogP) is 2.68. The molecule has 0 fully saturated rings. The van der Waals surface area contributed by atoms with Gasteiger partial charge in [0.2, 0.25) is 0 Å². The van der Waals surface area contributed by atoms with Crippen LogP contribution in [0.2, 0.25) is 0 Å². The molecule has 0 aliphatic carbocycles. The first-order valence-corrected chi connectivity index (χ1v) is 4.02. The number of rotatable bonds is 3. The number of hydrogen-bond donors (Lipinski definition) is 0. The van der Waals surface area contributed by atoms with Crippen LogP contribution in [0.1, 0.15) is 12.5 Å². The van der Waals surface area contributed by atoms with E-state index in [1.807, 2.05) is 25.1 Å². The quantitative estimate of drug-likeness (QED) is 0.475. The standard InChI is InChI=1S/C11H13N/c1-3-9-12-10(2)11-7-5-4-6-8-11/h3-8H,1,9H2,2H3. The van der Waals surface area contributed by atoms with Crippen LogP contribution in [-0.4, -0.2) is 12.3 Å². The zero-order valence-electron chi connectivity index (χ0n) is 7.33. The minimum atomic E-state index is 0.695. The van der Waals surface area contributed by atoms with E-state index >= 15 is 0 Å². The first-order valence-electron chi connectivity index (χ1n) is 4.02. The summed E-state index contributed by atoms with van der Waals surface area (Å²) < 4.78 is 0. The third-order valence-electron chi connectivity index (χ3n) is 1.65. The summed E-state index contributed by atoms with van der Waals surface area (Å²) >= 11 is 0. The second-order valence-electron chi connectivity index (χ2n) is 2.58. The normalized spacial score (nSPS) is 11.2.